The molecular weight excluding hydrogens is 563 g/mol. The van der Waals surface area contributed by atoms with Crippen molar-refractivity contribution in [1.82, 2.24) is 0 Å². The number of halogens is 2. The SMILES string of the molecule is C[Si](=[Zr+2])c1ccccc1.[Cl-].[Cl-].[c-]1cccc2c1Cc1ccccc1-2.c1ccc(-c2cc[cH-]c2)cc1. The van der Waals surface area contributed by atoms with Crippen LogP contribution in [0.5, 0.6) is 0 Å². The molecule has 0 saturated heterocycles. The summed E-state index contributed by atoms with van der Waals surface area (Å²) in [6, 6.07) is 47.6. The number of hydrogen-bond donors (Lipinski definition) is 0. The Morgan fingerprint density at radius 3 is 1.97 bits per heavy atom. The molecule has 0 radical (unpaired) electrons. The third-order valence-corrected chi connectivity index (χ3v) is 8.92. The van der Waals surface area contributed by atoms with Gasteiger partial charge in [-0.2, -0.15) is 53.6 Å². The quantitative estimate of drug-likeness (QED) is 0.211. The molecule has 0 bridgehead atoms. The van der Waals surface area contributed by atoms with E-state index in [1.54, 1.807) is 28.5 Å². The van der Waals surface area contributed by atoms with E-state index in [9.17, 15) is 0 Å². The number of rotatable bonds is 2. The van der Waals surface area contributed by atoms with Crippen LogP contribution in [0.3, 0.4) is 0 Å². The van der Waals surface area contributed by atoms with E-state index in [0.717, 1.165) is 6.42 Å². The standard InChI is InChI=1S/C13H9.C11H9.C7H8Si.2ClH.Zr/c1-3-7-12-10(5-1)9-11-6-2-4-8-13(11)12;1-2-6-10(7-3-1)11-8-4-5-9-11;1-8-7-5-3-2-4-6-7;;;/h1-5,7-8H,9H2;1-9H;2-6H,1H3;2*1H;/q2*-1;;;;+2/p-2. The van der Waals surface area contributed by atoms with Gasteiger partial charge >= 0.3 is 70.8 Å². The van der Waals surface area contributed by atoms with Gasteiger partial charge in [-0.15, -0.1) is 5.56 Å². The van der Waals surface area contributed by atoms with Gasteiger partial charge in [0.1, 0.15) is 0 Å². The Morgan fingerprint density at radius 2 is 1.34 bits per heavy atom. The second kappa shape index (κ2) is 15.1. The molecule has 0 aliphatic heterocycles. The van der Waals surface area contributed by atoms with E-state index in [2.05, 4.69) is 128 Å². The van der Waals surface area contributed by atoms with Crippen LogP contribution in [0.4, 0.5) is 0 Å². The summed E-state index contributed by atoms with van der Waals surface area (Å²) in [4.78, 5) is 0. The first-order chi connectivity index (χ1) is 16.2. The smallest absolute Gasteiger partial charge is 0.0253 e. The molecule has 0 nitrogen and oxygen atoms in total. The zero-order chi connectivity index (χ0) is 22.9. The summed E-state index contributed by atoms with van der Waals surface area (Å²) in [5, 5.41) is 1.56. The summed E-state index contributed by atoms with van der Waals surface area (Å²) in [7, 11) is 0. The molecule has 0 atom stereocenters. The second-order valence-corrected chi connectivity index (χ2v) is 15.3. The van der Waals surface area contributed by atoms with Gasteiger partial charge in [-0.1, -0.05) is 71.3 Å². The van der Waals surface area contributed by atoms with E-state index in [1.807, 2.05) is 12.1 Å². The van der Waals surface area contributed by atoms with Crippen molar-refractivity contribution in [3.05, 3.63) is 145 Å². The van der Waals surface area contributed by atoms with Crippen molar-refractivity contribution < 1.29 is 48.1 Å². The summed E-state index contributed by atoms with van der Waals surface area (Å²) in [6.07, 6.45) is 1.05. The van der Waals surface area contributed by atoms with Crippen LogP contribution in [0.1, 0.15) is 11.1 Å². The van der Waals surface area contributed by atoms with Gasteiger partial charge in [0.2, 0.25) is 0 Å². The van der Waals surface area contributed by atoms with Gasteiger partial charge in [0.05, 0.1) is 0 Å². The van der Waals surface area contributed by atoms with Gasteiger partial charge < -0.3 is 24.8 Å². The molecule has 0 aromatic heterocycles. The fourth-order valence-corrected chi connectivity index (χ4v) is 5.80. The van der Waals surface area contributed by atoms with Gasteiger partial charge in [0.15, 0.2) is 0 Å². The van der Waals surface area contributed by atoms with Crippen molar-refractivity contribution in [2.75, 3.05) is 0 Å². The minimum Gasteiger partial charge on any atom is -1.00 e. The van der Waals surface area contributed by atoms with Crippen LogP contribution in [0.2, 0.25) is 6.55 Å². The Labute approximate surface area is 237 Å². The van der Waals surface area contributed by atoms with Gasteiger partial charge in [-0.3, -0.25) is 0 Å². The molecule has 1 aliphatic carbocycles. The zero-order valence-corrected chi connectivity index (χ0v) is 24.6. The van der Waals surface area contributed by atoms with Crippen LogP contribution in [0.25, 0.3) is 22.3 Å². The molecule has 5 aromatic rings. The minimum absolute atomic E-state index is 0. The van der Waals surface area contributed by atoms with Crippen LogP contribution in [-0.2, 0) is 29.8 Å². The Morgan fingerprint density at radius 1 is 0.714 bits per heavy atom. The maximum Gasteiger partial charge on any atom is -0.0253 e. The number of benzene rings is 4. The molecule has 0 spiro atoms. The summed E-state index contributed by atoms with van der Waals surface area (Å²) in [5.41, 5.74) is 7.97. The first kappa shape index (κ1) is 29.1. The molecule has 1 aliphatic rings. The largest absolute Gasteiger partial charge is 1.00 e. The monoisotopic (exact) mass is 586 g/mol. The van der Waals surface area contributed by atoms with Crippen molar-refractivity contribution in [2.24, 2.45) is 0 Å². The molecule has 0 unspecified atom stereocenters. The Kier molecular flexibility index (Phi) is 12.6. The summed E-state index contributed by atoms with van der Waals surface area (Å²) in [6.45, 7) is 2.35. The van der Waals surface area contributed by atoms with Crippen LogP contribution in [0, 0.1) is 6.07 Å². The summed E-state index contributed by atoms with van der Waals surface area (Å²) in [5.74, 6) is 0. The molecular formula is C31H26Cl2SiZr-2. The molecule has 0 fully saturated rings. The average Bonchev–Trinajstić information content (AvgIpc) is 3.54. The van der Waals surface area contributed by atoms with Crippen molar-refractivity contribution in [1.29, 1.82) is 0 Å². The predicted molar refractivity (Wildman–Crippen MR) is 139 cm³/mol. The van der Waals surface area contributed by atoms with Crippen molar-refractivity contribution in [3.8, 4) is 22.3 Å². The third kappa shape index (κ3) is 8.23. The Hall–Kier alpha value is -2.09. The molecule has 0 amide bonds. The normalized spacial score (nSPS) is 10.0. The summed E-state index contributed by atoms with van der Waals surface area (Å²) >= 11 is 1.69. The number of hydrogen-bond acceptors (Lipinski definition) is 0. The van der Waals surface area contributed by atoms with Crippen LogP contribution < -0.4 is 30.0 Å². The van der Waals surface area contributed by atoms with E-state index >= 15 is 0 Å². The molecule has 35 heavy (non-hydrogen) atoms. The Balaban J connectivity index is 0.000000183. The van der Waals surface area contributed by atoms with Gasteiger partial charge in [0, 0.05) is 0 Å². The van der Waals surface area contributed by atoms with Crippen LogP contribution >= 0.6 is 0 Å². The van der Waals surface area contributed by atoms with Gasteiger partial charge in [-0.05, 0) is 6.42 Å². The van der Waals surface area contributed by atoms with Gasteiger partial charge in [-0.25, -0.2) is 6.07 Å². The third-order valence-electron chi connectivity index (χ3n) is 5.59. The molecule has 174 valence electrons. The molecule has 5 aromatic carbocycles. The first-order valence-corrected chi connectivity index (χ1v) is 16.9. The van der Waals surface area contributed by atoms with Crippen molar-refractivity contribution in [3.63, 3.8) is 0 Å². The molecule has 0 heterocycles. The van der Waals surface area contributed by atoms with Crippen molar-refractivity contribution >= 4 is 10.6 Å². The van der Waals surface area contributed by atoms with E-state index in [4.69, 9.17) is 0 Å². The Bertz CT molecular complexity index is 1260. The molecule has 0 N–H and O–H groups in total. The first-order valence-electron chi connectivity index (χ1n) is 11.2. The van der Waals surface area contributed by atoms with Crippen LogP contribution in [-0.4, -0.2) is 5.43 Å². The maximum atomic E-state index is 3.30. The average molecular weight is 589 g/mol. The van der Waals surface area contributed by atoms with Crippen LogP contribution in [0.15, 0.2) is 127 Å². The fourth-order valence-electron chi connectivity index (χ4n) is 3.88. The van der Waals surface area contributed by atoms with Crippen molar-refractivity contribution in [2.45, 2.75) is 13.0 Å². The zero-order valence-electron chi connectivity index (χ0n) is 19.6. The molecule has 6 rings (SSSR count). The van der Waals surface area contributed by atoms with E-state index < -0.39 is 0 Å². The second-order valence-electron chi connectivity index (χ2n) is 7.93. The predicted octanol–water partition coefficient (Wildman–Crippen LogP) is 1.20. The number of fused-ring (bicyclic) bond motifs is 3. The molecule has 0 saturated carbocycles. The van der Waals surface area contributed by atoms with E-state index in [0.29, 0.717) is 0 Å². The minimum atomic E-state index is -0.122. The van der Waals surface area contributed by atoms with E-state index in [-0.39, 0.29) is 30.2 Å². The molecule has 4 heteroatoms. The maximum absolute atomic E-state index is 3.30. The topological polar surface area (TPSA) is 0 Å². The fraction of sp³-hybridized carbons (Fsp3) is 0.0645. The van der Waals surface area contributed by atoms with Gasteiger partial charge in [0.25, 0.3) is 0 Å². The van der Waals surface area contributed by atoms with E-state index in [1.165, 1.54) is 33.4 Å². The summed E-state index contributed by atoms with van der Waals surface area (Å²) < 4.78 is 0.